The summed E-state index contributed by atoms with van der Waals surface area (Å²) in [5, 5.41) is 6.58. The van der Waals surface area contributed by atoms with Crippen LogP contribution < -0.4 is 10.6 Å². The number of ether oxygens (including phenoxy) is 1. The van der Waals surface area contributed by atoms with Crippen LogP contribution in [0.25, 0.3) is 0 Å². The number of esters is 1. The Labute approximate surface area is 155 Å². The highest BCUT2D eigenvalue weighted by atomic mass is 16.5. The first-order valence-corrected chi connectivity index (χ1v) is 9.69. The molecule has 0 saturated carbocycles. The minimum atomic E-state index is -0.352. The van der Waals surface area contributed by atoms with Crippen LogP contribution in [0.4, 0.5) is 0 Å². The number of aryl methyl sites for hydroxylation is 1. The normalized spacial score (nSPS) is 25.5. The molecule has 2 saturated heterocycles. The standard InChI is InChI=1S/C21H30N2O3/c1-14-4-3-5-15(8-14)9-17(21(25)26-2)13-22-20(24)12-16-10-18-6-7-19(11-16)23-18/h3-5,8,16-19,23H,6-7,9-13H2,1-2H3,(H,22,24). The average molecular weight is 358 g/mol. The molecule has 2 aliphatic rings. The third-order valence-corrected chi connectivity index (χ3v) is 5.69. The molecular formula is C21H30N2O3. The molecule has 2 aliphatic heterocycles. The van der Waals surface area contributed by atoms with Crippen molar-refractivity contribution in [2.45, 2.75) is 57.5 Å². The van der Waals surface area contributed by atoms with Crippen LogP contribution in [0.2, 0.25) is 0 Å². The molecule has 26 heavy (non-hydrogen) atoms. The number of hydrogen-bond acceptors (Lipinski definition) is 4. The number of rotatable bonds is 7. The van der Waals surface area contributed by atoms with Crippen molar-refractivity contribution in [1.82, 2.24) is 10.6 Å². The quantitative estimate of drug-likeness (QED) is 0.735. The van der Waals surface area contributed by atoms with E-state index in [-0.39, 0.29) is 17.8 Å². The lowest BCUT2D eigenvalue weighted by Crippen LogP contribution is -2.40. The summed E-state index contributed by atoms with van der Waals surface area (Å²) in [6, 6.07) is 9.29. The second-order valence-electron chi connectivity index (χ2n) is 7.90. The lowest BCUT2D eigenvalue weighted by atomic mass is 9.89. The Bertz CT molecular complexity index is 634. The van der Waals surface area contributed by atoms with Gasteiger partial charge in [-0.2, -0.15) is 0 Å². The molecule has 142 valence electrons. The smallest absolute Gasteiger partial charge is 0.310 e. The Morgan fingerprint density at radius 2 is 2.00 bits per heavy atom. The van der Waals surface area contributed by atoms with Crippen LogP contribution in [0.15, 0.2) is 24.3 Å². The molecular weight excluding hydrogens is 328 g/mol. The second-order valence-corrected chi connectivity index (χ2v) is 7.90. The first kappa shape index (κ1) is 18.9. The van der Waals surface area contributed by atoms with Gasteiger partial charge in [-0.1, -0.05) is 29.8 Å². The summed E-state index contributed by atoms with van der Waals surface area (Å²) in [6.07, 6.45) is 5.80. The van der Waals surface area contributed by atoms with Gasteiger partial charge in [0.1, 0.15) is 0 Å². The molecule has 3 rings (SSSR count). The summed E-state index contributed by atoms with van der Waals surface area (Å²) in [4.78, 5) is 24.5. The molecule has 2 N–H and O–H groups in total. The van der Waals surface area contributed by atoms with Gasteiger partial charge >= 0.3 is 5.97 Å². The molecule has 3 atom stereocenters. The van der Waals surface area contributed by atoms with Gasteiger partial charge in [0.2, 0.25) is 5.91 Å². The van der Waals surface area contributed by atoms with E-state index in [0.29, 0.717) is 37.4 Å². The number of methoxy groups -OCH3 is 1. The highest BCUT2D eigenvalue weighted by Crippen LogP contribution is 2.32. The van der Waals surface area contributed by atoms with Crippen LogP contribution in [-0.2, 0) is 20.7 Å². The Morgan fingerprint density at radius 3 is 2.65 bits per heavy atom. The summed E-state index contributed by atoms with van der Waals surface area (Å²) < 4.78 is 4.93. The van der Waals surface area contributed by atoms with Crippen molar-refractivity contribution in [2.24, 2.45) is 11.8 Å². The molecule has 1 aromatic rings. The van der Waals surface area contributed by atoms with E-state index in [0.717, 1.165) is 24.0 Å². The predicted molar refractivity (Wildman–Crippen MR) is 101 cm³/mol. The molecule has 1 amide bonds. The second kappa shape index (κ2) is 8.67. The highest BCUT2D eigenvalue weighted by molar-refractivity contribution is 5.78. The van der Waals surface area contributed by atoms with Gasteiger partial charge in [0, 0.05) is 25.0 Å². The molecule has 0 spiro atoms. The van der Waals surface area contributed by atoms with Gasteiger partial charge in [-0.15, -0.1) is 0 Å². The van der Waals surface area contributed by atoms with Crippen LogP contribution in [0.5, 0.6) is 0 Å². The molecule has 0 aromatic heterocycles. The maximum Gasteiger partial charge on any atom is 0.310 e. The summed E-state index contributed by atoms with van der Waals surface area (Å²) >= 11 is 0. The van der Waals surface area contributed by atoms with Gasteiger partial charge in [-0.05, 0) is 50.5 Å². The fourth-order valence-corrected chi connectivity index (χ4v) is 4.44. The number of fused-ring (bicyclic) bond motifs is 2. The first-order chi connectivity index (χ1) is 12.5. The predicted octanol–water partition coefficient (Wildman–Crippen LogP) is 2.36. The van der Waals surface area contributed by atoms with Crippen LogP contribution in [0.1, 0.15) is 43.2 Å². The number of benzene rings is 1. The van der Waals surface area contributed by atoms with Gasteiger partial charge in [0.25, 0.3) is 0 Å². The van der Waals surface area contributed by atoms with E-state index in [4.69, 9.17) is 4.74 Å². The molecule has 2 fully saturated rings. The highest BCUT2D eigenvalue weighted by Gasteiger charge is 2.34. The minimum absolute atomic E-state index is 0.0504. The monoisotopic (exact) mass is 358 g/mol. The number of carbonyl (C=O) groups is 2. The lowest BCUT2D eigenvalue weighted by molar-refractivity contribution is -0.145. The van der Waals surface area contributed by atoms with E-state index >= 15 is 0 Å². The van der Waals surface area contributed by atoms with E-state index in [1.807, 2.05) is 25.1 Å². The summed E-state index contributed by atoms with van der Waals surface area (Å²) in [5.74, 6) is -0.113. The van der Waals surface area contributed by atoms with Crippen molar-refractivity contribution >= 4 is 11.9 Å². The average Bonchev–Trinajstić information content (AvgIpc) is 2.96. The molecule has 2 bridgehead atoms. The van der Waals surface area contributed by atoms with Crippen molar-refractivity contribution in [3.05, 3.63) is 35.4 Å². The van der Waals surface area contributed by atoms with Crippen molar-refractivity contribution in [3.8, 4) is 0 Å². The van der Waals surface area contributed by atoms with Gasteiger partial charge in [0.05, 0.1) is 13.0 Å². The Hall–Kier alpha value is -1.88. The lowest BCUT2D eigenvalue weighted by Gasteiger charge is -2.28. The Kier molecular flexibility index (Phi) is 6.30. The zero-order valence-corrected chi connectivity index (χ0v) is 15.8. The molecule has 0 radical (unpaired) electrons. The molecule has 5 heteroatoms. The van der Waals surface area contributed by atoms with E-state index in [9.17, 15) is 9.59 Å². The third-order valence-electron chi connectivity index (χ3n) is 5.69. The van der Waals surface area contributed by atoms with Crippen molar-refractivity contribution in [1.29, 1.82) is 0 Å². The fraction of sp³-hybridized carbons (Fsp3) is 0.619. The Morgan fingerprint density at radius 1 is 1.27 bits per heavy atom. The van der Waals surface area contributed by atoms with Gasteiger partial charge in [0.15, 0.2) is 0 Å². The molecule has 2 heterocycles. The zero-order valence-electron chi connectivity index (χ0n) is 15.8. The van der Waals surface area contributed by atoms with Crippen LogP contribution in [0.3, 0.4) is 0 Å². The van der Waals surface area contributed by atoms with Gasteiger partial charge in [-0.25, -0.2) is 0 Å². The number of amides is 1. The maximum atomic E-state index is 12.4. The van der Waals surface area contributed by atoms with Gasteiger partial charge < -0.3 is 15.4 Å². The van der Waals surface area contributed by atoms with Crippen LogP contribution in [-0.4, -0.2) is 37.6 Å². The molecule has 0 aliphatic carbocycles. The number of hydrogen-bond donors (Lipinski definition) is 2. The minimum Gasteiger partial charge on any atom is -0.469 e. The van der Waals surface area contributed by atoms with Crippen LogP contribution >= 0.6 is 0 Å². The molecule has 5 nitrogen and oxygen atoms in total. The summed E-state index contributed by atoms with van der Waals surface area (Å²) in [6.45, 7) is 2.36. The number of carbonyl (C=O) groups excluding carboxylic acids is 2. The van der Waals surface area contributed by atoms with Crippen molar-refractivity contribution in [3.63, 3.8) is 0 Å². The topological polar surface area (TPSA) is 67.4 Å². The number of piperidine rings is 1. The molecule has 1 aromatic carbocycles. The first-order valence-electron chi connectivity index (χ1n) is 9.69. The maximum absolute atomic E-state index is 12.4. The van der Waals surface area contributed by atoms with E-state index in [2.05, 4.69) is 16.7 Å². The third kappa shape index (κ3) is 5.07. The van der Waals surface area contributed by atoms with Crippen molar-refractivity contribution < 1.29 is 14.3 Å². The zero-order chi connectivity index (χ0) is 18.5. The van der Waals surface area contributed by atoms with E-state index < -0.39 is 0 Å². The van der Waals surface area contributed by atoms with Crippen molar-refractivity contribution in [2.75, 3.05) is 13.7 Å². The summed E-state index contributed by atoms with van der Waals surface area (Å²) in [7, 11) is 1.40. The summed E-state index contributed by atoms with van der Waals surface area (Å²) in [5.41, 5.74) is 2.25. The van der Waals surface area contributed by atoms with Crippen LogP contribution in [0, 0.1) is 18.8 Å². The van der Waals surface area contributed by atoms with Gasteiger partial charge in [-0.3, -0.25) is 9.59 Å². The van der Waals surface area contributed by atoms with E-state index in [1.165, 1.54) is 20.0 Å². The fourth-order valence-electron chi connectivity index (χ4n) is 4.44. The number of nitrogens with one attached hydrogen (secondary N) is 2. The largest absolute Gasteiger partial charge is 0.469 e. The Balaban J connectivity index is 1.50. The molecule has 3 unspecified atom stereocenters. The van der Waals surface area contributed by atoms with E-state index in [1.54, 1.807) is 0 Å². The SMILES string of the molecule is COC(=O)C(CNC(=O)CC1CC2CCC(C1)N2)Cc1cccc(C)c1.